The lowest BCUT2D eigenvalue weighted by Crippen LogP contribution is -2.16. The summed E-state index contributed by atoms with van der Waals surface area (Å²) in [6.07, 6.45) is 3.11. The van der Waals surface area contributed by atoms with Gasteiger partial charge in [-0.25, -0.2) is 15.1 Å². The zero-order valence-electron chi connectivity index (χ0n) is 12.6. The maximum Gasteiger partial charge on any atom is 0.274 e. The van der Waals surface area contributed by atoms with Gasteiger partial charge in [0, 0.05) is 0 Å². The number of anilines is 1. The number of aryl methyl sites for hydroxylation is 1. The number of aromatic nitrogens is 6. The van der Waals surface area contributed by atoms with Crippen LogP contribution in [0.3, 0.4) is 0 Å². The van der Waals surface area contributed by atoms with Gasteiger partial charge >= 0.3 is 0 Å². The third-order valence-corrected chi connectivity index (χ3v) is 3.16. The number of nitrogens with one attached hydrogen (secondary N) is 2. The van der Waals surface area contributed by atoms with Crippen LogP contribution in [-0.2, 0) is 0 Å². The maximum absolute atomic E-state index is 11.4. The fraction of sp³-hybridized carbons (Fsp3) is 0.143. The average molecular weight is 310 g/mol. The summed E-state index contributed by atoms with van der Waals surface area (Å²) in [6.45, 7) is 3.43. The number of aromatic amines is 1. The Morgan fingerprint density at radius 3 is 2.70 bits per heavy atom. The Bertz CT molecular complexity index is 880. The molecule has 0 radical (unpaired) electrons. The lowest BCUT2D eigenvalue weighted by Gasteiger charge is -2.04. The SMILES string of the molecule is C/C(=N\Nc1nnc(C)c(=O)[nH]1)c1ccc(-n2cncn2)cc1. The van der Waals surface area contributed by atoms with Gasteiger partial charge in [-0.05, 0) is 31.5 Å². The standard InChI is InChI=1S/C14H14N8O/c1-9(18-20-14-17-13(23)10(2)19-21-14)11-3-5-12(6-4-11)22-8-15-7-16-22/h3-8H,1-2H3,(H2,17,20,21,23)/b18-9+. The molecule has 2 N–H and O–H groups in total. The van der Waals surface area contributed by atoms with Crippen molar-refractivity contribution in [1.29, 1.82) is 0 Å². The highest BCUT2D eigenvalue weighted by Crippen LogP contribution is 2.09. The number of hydrogen-bond acceptors (Lipinski definition) is 7. The summed E-state index contributed by atoms with van der Waals surface area (Å²) < 4.78 is 1.67. The average Bonchev–Trinajstić information content (AvgIpc) is 3.10. The second kappa shape index (κ2) is 6.18. The molecule has 3 rings (SSSR count). The van der Waals surface area contributed by atoms with Crippen LogP contribution in [0.15, 0.2) is 46.8 Å². The molecule has 0 fully saturated rings. The number of rotatable bonds is 4. The summed E-state index contributed by atoms with van der Waals surface area (Å²) in [6, 6.07) is 7.66. The van der Waals surface area contributed by atoms with Gasteiger partial charge in [0.2, 0.25) is 5.95 Å². The zero-order valence-corrected chi connectivity index (χ0v) is 12.6. The van der Waals surface area contributed by atoms with Crippen molar-refractivity contribution in [3.05, 3.63) is 58.5 Å². The van der Waals surface area contributed by atoms with E-state index in [-0.39, 0.29) is 11.5 Å². The van der Waals surface area contributed by atoms with Crippen molar-refractivity contribution in [3.63, 3.8) is 0 Å². The fourth-order valence-electron chi connectivity index (χ4n) is 1.84. The maximum atomic E-state index is 11.4. The van der Waals surface area contributed by atoms with Crippen LogP contribution in [0.5, 0.6) is 0 Å². The summed E-state index contributed by atoms with van der Waals surface area (Å²) in [5.74, 6) is 0.194. The first-order valence-corrected chi connectivity index (χ1v) is 6.83. The Kier molecular flexibility index (Phi) is 3.91. The molecule has 0 aliphatic heterocycles. The molecule has 1 aromatic carbocycles. The van der Waals surface area contributed by atoms with Crippen molar-refractivity contribution in [1.82, 2.24) is 29.9 Å². The smallest absolute Gasteiger partial charge is 0.274 e. The Morgan fingerprint density at radius 2 is 2.04 bits per heavy atom. The predicted molar refractivity (Wildman–Crippen MR) is 84.6 cm³/mol. The van der Waals surface area contributed by atoms with Crippen LogP contribution in [0, 0.1) is 6.92 Å². The zero-order chi connectivity index (χ0) is 16.2. The molecule has 3 aromatic rings. The molecule has 23 heavy (non-hydrogen) atoms. The minimum Gasteiger partial charge on any atom is -0.288 e. The first kappa shape index (κ1) is 14.6. The molecule has 0 amide bonds. The van der Waals surface area contributed by atoms with E-state index in [2.05, 4.69) is 35.8 Å². The second-order valence-corrected chi connectivity index (χ2v) is 4.78. The molecule has 0 atom stereocenters. The van der Waals surface area contributed by atoms with Crippen molar-refractivity contribution >= 4 is 11.7 Å². The molecular weight excluding hydrogens is 296 g/mol. The minimum atomic E-state index is -0.299. The van der Waals surface area contributed by atoms with Crippen LogP contribution in [0.25, 0.3) is 5.69 Å². The Morgan fingerprint density at radius 1 is 1.26 bits per heavy atom. The summed E-state index contributed by atoms with van der Waals surface area (Å²) in [4.78, 5) is 17.9. The van der Waals surface area contributed by atoms with Crippen molar-refractivity contribution in [2.45, 2.75) is 13.8 Å². The monoisotopic (exact) mass is 310 g/mol. The van der Waals surface area contributed by atoms with Crippen molar-refractivity contribution < 1.29 is 0 Å². The first-order chi connectivity index (χ1) is 11.1. The van der Waals surface area contributed by atoms with Crippen molar-refractivity contribution in [3.8, 4) is 5.69 Å². The van der Waals surface area contributed by atoms with Gasteiger partial charge in [0.05, 0.1) is 11.4 Å². The van der Waals surface area contributed by atoms with Gasteiger partial charge in [-0.3, -0.25) is 9.78 Å². The molecule has 2 aromatic heterocycles. The Balaban J connectivity index is 1.75. The molecule has 9 nitrogen and oxygen atoms in total. The van der Waals surface area contributed by atoms with Gasteiger partial charge in [-0.2, -0.15) is 10.2 Å². The molecule has 0 spiro atoms. The van der Waals surface area contributed by atoms with Crippen LogP contribution in [0.1, 0.15) is 18.2 Å². The number of hydrazone groups is 1. The number of nitrogens with zero attached hydrogens (tertiary/aromatic N) is 6. The summed E-state index contributed by atoms with van der Waals surface area (Å²) in [7, 11) is 0. The summed E-state index contributed by atoms with van der Waals surface area (Å²) in [5.41, 5.74) is 5.25. The van der Waals surface area contributed by atoms with Gasteiger partial charge < -0.3 is 0 Å². The number of H-pyrrole nitrogens is 1. The van der Waals surface area contributed by atoms with Crippen LogP contribution in [0.4, 0.5) is 5.95 Å². The molecule has 0 saturated carbocycles. The van der Waals surface area contributed by atoms with Crippen LogP contribution in [-0.4, -0.2) is 35.7 Å². The molecule has 0 aliphatic rings. The lowest BCUT2D eigenvalue weighted by atomic mass is 10.1. The van der Waals surface area contributed by atoms with Gasteiger partial charge in [0.1, 0.15) is 18.3 Å². The van der Waals surface area contributed by atoms with Gasteiger partial charge in [0.25, 0.3) is 5.56 Å². The third-order valence-electron chi connectivity index (χ3n) is 3.16. The summed E-state index contributed by atoms with van der Waals surface area (Å²) >= 11 is 0. The van der Waals surface area contributed by atoms with E-state index in [4.69, 9.17) is 0 Å². The van der Waals surface area contributed by atoms with Gasteiger partial charge in [0.15, 0.2) is 0 Å². The molecule has 0 aliphatic carbocycles. The van der Waals surface area contributed by atoms with Gasteiger partial charge in [-0.15, -0.1) is 10.2 Å². The second-order valence-electron chi connectivity index (χ2n) is 4.78. The Hall–Kier alpha value is -3.36. The van der Waals surface area contributed by atoms with E-state index in [1.54, 1.807) is 17.9 Å². The van der Waals surface area contributed by atoms with Crippen molar-refractivity contribution in [2.24, 2.45) is 5.10 Å². The molecule has 2 heterocycles. The lowest BCUT2D eigenvalue weighted by molar-refractivity contribution is 0.879. The number of benzene rings is 1. The van der Waals surface area contributed by atoms with Crippen LogP contribution in [0.2, 0.25) is 0 Å². The van der Waals surface area contributed by atoms with E-state index >= 15 is 0 Å². The molecular formula is C14H14N8O. The summed E-state index contributed by atoms with van der Waals surface area (Å²) in [5, 5.41) is 15.8. The first-order valence-electron chi connectivity index (χ1n) is 6.83. The van der Waals surface area contributed by atoms with E-state index in [9.17, 15) is 4.79 Å². The number of hydrogen-bond donors (Lipinski definition) is 2. The molecule has 9 heteroatoms. The molecule has 0 bridgehead atoms. The molecule has 0 unspecified atom stereocenters. The predicted octanol–water partition coefficient (Wildman–Crippen LogP) is 0.890. The van der Waals surface area contributed by atoms with E-state index in [1.807, 2.05) is 31.2 Å². The van der Waals surface area contributed by atoms with E-state index in [0.717, 1.165) is 17.0 Å². The van der Waals surface area contributed by atoms with Gasteiger partial charge in [-0.1, -0.05) is 12.1 Å². The highest BCUT2D eigenvalue weighted by molar-refractivity contribution is 5.99. The normalized spacial score (nSPS) is 11.5. The van der Waals surface area contributed by atoms with Crippen LogP contribution >= 0.6 is 0 Å². The van der Waals surface area contributed by atoms with E-state index < -0.39 is 0 Å². The fourth-order valence-corrected chi connectivity index (χ4v) is 1.84. The van der Waals surface area contributed by atoms with Crippen LogP contribution < -0.4 is 11.0 Å². The molecule has 116 valence electrons. The highest BCUT2D eigenvalue weighted by Gasteiger charge is 2.02. The Labute approximate surface area is 131 Å². The largest absolute Gasteiger partial charge is 0.288 e. The minimum absolute atomic E-state index is 0.194. The quantitative estimate of drug-likeness (QED) is 0.546. The van der Waals surface area contributed by atoms with E-state index in [0.29, 0.717) is 5.69 Å². The highest BCUT2D eigenvalue weighted by atomic mass is 16.1. The van der Waals surface area contributed by atoms with Crippen molar-refractivity contribution in [2.75, 3.05) is 5.43 Å². The third kappa shape index (κ3) is 3.28. The molecule has 0 saturated heterocycles. The topological polar surface area (TPSA) is 114 Å². The van der Waals surface area contributed by atoms with E-state index in [1.165, 1.54) is 6.33 Å².